The second-order valence-electron chi connectivity index (χ2n) is 6.48. The maximum absolute atomic E-state index is 6.30. The lowest BCUT2D eigenvalue weighted by molar-refractivity contribution is 0.127. The van der Waals surface area contributed by atoms with Gasteiger partial charge in [-0.1, -0.05) is 43.7 Å². The van der Waals surface area contributed by atoms with E-state index in [-0.39, 0.29) is 6.04 Å². The van der Waals surface area contributed by atoms with Crippen molar-refractivity contribution in [1.29, 1.82) is 0 Å². The number of benzene rings is 1. The van der Waals surface area contributed by atoms with Gasteiger partial charge in [0.25, 0.3) is 0 Å². The van der Waals surface area contributed by atoms with Crippen LogP contribution in [0.4, 0.5) is 0 Å². The zero-order valence-electron chi connectivity index (χ0n) is 11.9. The molecular formula is C16H26N2. The third-order valence-electron chi connectivity index (χ3n) is 4.17. The molecule has 2 heteroatoms. The first-order valence-corrected chi connectivity index (χ1v) is 7.01. The highest BCUT2D eigenvalue weighted by Crippen LogP contribution is 2.30. The number of hydrogen-bond donors (Lipinski definition) is 1. The van der Waals surface area contributed by atoms with Gasteiger partial charge in [-0.05, 0) is 43.8 Å². The fourth-order valence-electron chi connectivity index (χ4n) is 2.54. The van der Waals surface area contributed by atoms with Crippen molar-refractivity contribution < 1.29 is 0 Å². The van der Waals surface area contributed by atoms with Gasteiger partial charge in [-0.15, -0.1) is 0 Å². The van der Waals surface area contributed by atoms with E-state index in [0.717, 1.165) is 6.54 Å². The fourth-order valence-corrected chi connectivity index (χ4v) is 2.54. The number of likely N-dealkylation sites (tertiary alicyclic amines) is 1. The molecule has 1 aromatic carbocycles. The Morgan fingerprint density at radius 3 is 2.28 bits per heavy atom. The summed E-state index contributed by atoms with van der Waals surface area (Å²) in [7, 11) is 0. The van der Waals surface area contributed by atoms with Crippen LogP contribution in [0.15, 0.2) is 24.3 Å². The Hall–Kier alpha value is -0.860. The lowest BCUT2D eigenvalue weighted by Gasteiger charge is -2.38. The molecule has 1 atom stereocenters. The van der Waals surface area contributed by atoms with Crippen LogP contribution < -0.4 is 5.73 Å². The van der Waals surface area contributed by atoms with Crippen LogP contribution >= 0.6 is 0 Å². The Kier molecular flexibility index (Phi) is 4.08. The van der Waals surface area contributed by atoms with Gasteiger partial charge in [-0.3, -0.25) is 0 Å². The summed E-state index contributed by atoms with van der Waals surface area (Å²) >= 11 is 0. The van der Waals surface area contributed by atoms with Gasteiger partial charge >= 0.3 is 0 Å². The predicted molar refractivity (Wildman–Crippen MR) is 77.6 cm³/mol. The lowest BCUT2D eigenvalue weighted by atomic mass is 9.82. The minimum atomic E-state index is 0.145. The Morgan fingerprint density at radius 1 is 1.17 bits per heavy atom. The highest BCUT2D eigenvalue weighted by molar-refractivity contribution is 5.24. The van der Waals surface area contributed by atoms with Crippen molar-refractivity contribution in [1.82, 2.24) is 4.90 Å². The van der Waals surface area contributed by atoms with E-state index in [1.807, 2.05) is 0 Å². The summed E-state index contributed by atoms with van der Waals surface area (Å²) in [4.78, 5) is 2.51. The second-order valence-corrected chi connectivity index (χ2v) is 6.48. The molecule has 1 aliphatic rings. The van der Waals surface area contributed by atoms with Gasteiger partial charge in [-0.2, -0.15) is 0 Å². The van der Waals surface area contributed by atoms with Gasteiger partial charge in [0, 0.05) is 12.6 Å². The molecule has 0 bridgehead atoms. The van der Waals surface area contributed by atoms with Crippen LogP contribution in [0, 0.1) is 12.3 Å². The van der Waals surface area contributed by atoms with Crippen LogP contribution in [-0.2, 0) is 0 Å². The molecule has 2 nitrogen and oxygen atoms in total. The third kappa shape index (κ3) is 3.56. The summed E-state index contributed by atoms with van der Waals surface area (Å²) in [5, 5.41) is 0. The maximum Gasteiger partial charge on any atom is 0.0424 e. The van der Waals surface area contributed by atoms with E-state index in [1.165, 1.54) is 37.1 Å². The average molecular weight is 246 g/mol. The van der Waals surface area contributed by atoms with Gasteiger partial charge in [0.1, 0.15) is 0 Å². The van der Waals surface area contributed by atoms with Crippen LogP contribution in [0.1, 0.15) is 43.9 Å². The molecule has 2 N–H and O–H groups in total. The summed E-state index contributed by atoms with van der Waals surface area (Å²) in [6.07, 6.45) is 2.57. The zero-order chi connectivity index (χ0) is 13.2. The molecule has 1 unspecified atom stereocenters. The van der Waals surface area contributed by atoms with Crippen molar-refractivity contribution >= 4 is 0 Å². The van der Waals surface area contributed by atoms with Crippen molar-refractivity contribution in [3.63, 3.8) is 0 Å². The van der Waals surface area contributed by atoms with Crippen LogP contribution in [0.25, 0.3) is 0 Å². The molecule has 1 saturated heterocycles. The van der Waals surface area contributed by atoms with E-state index in [0.29, 0.717) is 5.41 Å². The molecule has 18 heavy (non-hydrogen) atoms. The summed E-state index contributed by atoms with van der Waals surface area (Å²) in [5.74, 6) is 0. The second kappa shape index (κ2) is 5.41. The van der Waals surface area contributed by atoms with E-state index in [1.54, 1.807) is 0 Å². The average Bonchev–Trinajstić information content (AvgIpc) is 2.33. The predicted octanol–water partition coefficient (Wildman–Crippen LogP) is 3.12. The Morgan fingerprint density at radius 2 is 1.72 bits per heavy atom. The molecule has 1 aromatic rings. The SMILES string of the molecule is Cc1ccc(C(N)CN2CCC(C)(C)CC2)cc1. The first-order valence-electron chi connectivity index (χ1n) is 7.01. The van der Waals surface area contributed by atoms with Crippen LogP contribution in [0.3, 0.4) is 0 Å². The smallest absolute Gasteiger partial charge is 0.0424 e. The largest absolute Gasteiger partial charge is 0.323 e. The van der Waals surface area contributed by atoms with Crippen molar-refractivity contribution in [2.45, 2.75) is 39.7 Å². The molecule has 1 fully saturated rings. The molecule has 1 aliphatic heterocycles. The van der Waals surface area contributed by atoms with E-state index in [4.69, 9.17) is 5.73 Å². The van der Waals surface area contributed by atoms with Crippen LogP contribution in [0.5, 0.6) is 0 Å². The van der Waals surface area contributed by atoms with Gasteiger partial charge in [0.15, 0.2) is 0 Å². The summed E-state index contributed by atoms with van der Waals surface area (Å²) in [6, 6.07) is 8.76. The van der Waals surface area contributed by atoms with Crippen LogP contribution in [0.2, 0.25) is 0 Å². The first kappa shape index (κ1) is 13.6. The first-order chi connectivity index (χ1) is 8.46. The van der Waals surface area contributed by atoms with Gasteiger partial charge in [-0.25, -0.2) is 0 Å². The highest BCUT2D eigenvalue weighted by atomic mass is 15.1. The molecule has 0 amide bonds. The standard InChI is InChI=1S/C16H26N2/c1-13-4-6-14(7-5-13)15(17)12-18-10-8-16(2,3)9-11-18/h4-7,15H,8-12,17H2,1-3H3. The number of nitrogens with two attached hydrogens (primary N) is 1. The molecule has 100 valence electrons. The van der Waals surface area contributed by atoms with Crippen molar-refractivity contribution in [2.75, 3.05) is 19.6 Å². The molecule has 1 heterocycles. The minimum Gasteiger partial charge on any atom is -0.323 e. The molecule has 0 radical (unpaired) electrons. The summed E-state index contributed by atoms with van der Waals surface area (Å²) in [5.41, 5.74) is 9.37. The topological polar surface area (TPSA) is 29.3 Å². The summed E-state index contributed by atoms with van der Waals surface area (Å²) < 4.78 is 0. The monoisotopic (exact) mass is 246 g/mol. The van der Waals surface area contributed by atoms with Crippen molar-refractivity contribution in [3.8, 4) is 0 Å². The normalized spacial score (nSPS) is 21.8. The van der Waals surface area contributed by atoms with E-state index in [9.17, 15) is 0 Å². The minimum absolute atomic E-state index is 0.145. The molecule has 2 rings (SSSR count). The van der Waals surface area contributed by atoms with Crippen molar-refractivity contribution in [2.24, 2.45) is 11.1 Å². The number of rotatable bonds is 3. The molecule has 0 aromatic heterocycles. The molecule has 0 spiro atoms. The summed E-state index contributed by atoms with van der Waals surface area (Å²) in [6.45, 7) is 10.2. The van der Waals surface area contributed by atoms with E-state index >= 15 is 0 Å². The van der Waals surface area contributed by atoms with Crippen LogP contribution in [-0.4, -0.2) is 24.5 Å². The molecular weight excluding hydrogens is 220 g/mol. The molecule has 0 aliphatic carbocycles. The van der Waals surface area contributed by atoms with Gasteiger partial charge in [0.2, 0.25) is 0 Å². The van der Waals surface area contributed by atoms with Crippen molar-refractivity contribution in [3.05, 3.63) is 35.4 Å². The maximum atomic E-state index is 6.30. The fraction of sp³-hybridized carbons (Fsp3) is 0.625. The van der Waals surface area contributed by atoms with Gasteiger partial charge in [0.05, 0.1) is 0 Å². The van der Waals surface area contributed by atoms with Gasteiger partial charge < -0.3 is 10.6 Å². The number of piperidine rings is 1. The quantitative estimate of drug-likeness (QED) is 0.888. The number of hydrogen-bond acceptors (Lipinski definition) is 2. The Labute approximate surface area is 111 Å². The molecule has 0 saturated carbocycles. The Bertz CT molecular complexity index is 371. The van der Waals surface area contributed by atoms with E-state index < -0.39 is 0 Å². The zero-order valence-corrected chi connectivity index (χ0v) is 11.9. The highest BCUT2D eigenvalue weighted by Gasteiger charge is 2.26. The number of aryl methyl sites for hydroxylation is 1. The lowest BCUT2D eigenvalue weighted by Crippen LogP contribution is -2.40. The third-order valence-corrected chi connectivity index (χ3v) is 4.17. The Balaban J connectivity index is 1.88. The van der Waals surface area contributed by atoms with E-state index in [2.05, 4.69) is 49.9 Å². The number of nitrogens with zero attached hydrogens (tertiary/aromatic N) is 1.